The van der Waals surface area contributed by atoms with Gasteiger partial charge in [-0.2, -0.15) is 0 Å². The van der Waals surface area contributed by atoms with E-state index in [2.05, 4.69) is 197 Å². The van der Waals surface area contributed by atoms with Gasteiger partial charge in [-0.05, 0) is 84.7 Å². The van der Waals surface area contributed by atoms with E-state index in [9.17, 15) is 5.11 Å². The molecule has 0 bridgehead atoms. The minimum absolute atomic E-state index is 0.364. The molecule has 6 aromatic carbocycles. The SMILES string of the molecule is CC(Cc1cnc[nH]1)c1ccccc1.Cc1cccc(CCc2cnc[nH]2)c1.OC(Cc1ccccc1)c1cnc[nH]1.c1ccc(C(Cc2cnc[nH]2)c2ccccc2)cc1.c1ccc(CCc2cnc[nH]2)cc1. The van der Waals surface area contributed by atoms with E-state index in [0.29, 0.717) is 18.3 Å². The Labute approximate surface area is 435 Å². The maximum atomic E-state index is 9.79. The van der Waals surface area contributed by atoms with Gasteiger partial charge in [-0.1, -0.05) is 188 Å². The molecule has 376 valence electrons. The molecule has 2 unspecified atom stereocenters. The molecule has 0 spiro atoms. The highest BCUT2D eigenvalue weighted by atomic mass is 16.3. The minimum atomic E-state index is -0.500. The third kappa shape index (κ3) is 18.8. The van der Waals surface area contributed by atoms with Crippen molar-refractivity contribution < 1.29 is 5.11 Å². The van der Waals surface area contributed by atoms with Gasteiger partial charge in [0.15, 0.2) is 0 Å². The van der Waals surface area contributed by atoms with Crippen molar-refractivity contribution in [3.63, 3.8) is 0 Å². The fourth-order valence-electron chi connectivity index (χ4n) is 8.35. The van der Waals surface area contributed by atoms with Crippen LogP contribution in [-0.4, -0.2) is 54.9 Å². The third-order valence-corrected chi connectivity index (χ3v) is 12.4. The number of aromatic nitrogens is 10. The quantitative estimate of drug-likeness (QED) is 0.0564. The van der Waals surface area contributed by atoms with Gasteiger partial charge in [0.1, 0.15) is 0 Å². The van der Waals surface area contributed by atoms with E-state index in [1.54, 1.807) is 37.8 Å². The Morgan fingerprint density at radius 3 is 1.24 bits per heavy atom. The number of hydrogen-bond acceptors (Lipinski definition) is 6. The van der Waals surface area contributed by atoms with Crippen molar-refractivity contribution in [3.05, 3.63) is 306 Å². The maximum absolute atomic E-state index is 9.79. The van der Waals surface area contributed by atoms with Crippen LogP contribution in [0.5, 0.6) is 0 Å². The van der Waals surface area contributed by atoms with Crippen molar-refractivity contribution in [1.29, 1.82) is 0 Å². The van der Waals surface area contributed by atoms with E-state index >= 15 is 0 Å². The molecule has 0 amide bonds. The first-order chi connectivity index (χ1) is 36.4. The summed E-state index contributed by atoms with van der Waals surface area (Å²) < 4.78 is 0. The third-order valence-electron chi connectivity index (χ3n) is 12.4. The lowest BCUT2D eigenvalue weighted by Gasteiger charge is -2.17. The predicted octanol–water partition coefficient (Wildman–Crippen LogP) is 12.9. The van der Waals surface area contributed by atoms with Gasteiger partial charge in [-0.15, -0.1) is 0 Å². The summed E-state index contributed by atoms with van der Waals surface area (Å²) in [6, 6.07) is 60.8. The highest BCUT2D eigenvalue weighted by Gasteiger charge is 2.15. The normalized spacial score (nSPS) is 11.3. The van der Waals surface area contributed by atoms with Crippen molar-refractivity contribution in [2.75, 3.05) is 0 Å². The van der Waals surface area contributed by atoms with Crippen LogP contribution in [-0.2, 0) is 44.9 Å². The van der Waals surface area contributed by atoms with Crippen molar-refractivity contribution in [2.45, 2.75) is 76.7 Å². The Balaban J connectivity index is 0.000000136. The number of hydrogen-bond donors (Lipinski definition) is 6. The summed E-state index contributed by atoms with van der Waals surface area (Å²) in [5.41, 5.74) is 14.8. The molecular weight excluding hydrogens is 913 g/mol. The van der Waals surface area contributed by atoms with Gasteiger partial charge in [0, 0.05) is 59.9 Å². The molecule has 0 saturated heterocycles. The van der Waals surface area contributed by atoms with E-state index in [-0.39, 0.29) is 0 Å². The molecule has 0 radical (unpaired) electrons. The summed E-state index contributed by atoms with van der Waals surface area (Å²) in [6.45, 7) is 4.36. The molecule has 11 aromatic rings. The lowest BCUT2D eigenvalue weighted by atomic mass is 9.88. The molecule has 0 aliphatic rings. The van der Waals surface area contributed by atoms with Crippen LogP contribution in [0.2, 0.25) is 0 Å². The van der Waals surface area contributed by atoms with Crippen LogP contribution >= 0.6 is 0 Å². The molecule has 5 aromatic heterocycles. The highest BCUT2D eigenvalue weighted by molar-refractivity contribution is 5.34. The number of imidazole rings is 5. The second kappa shape index (κ2) is 30.3. The van der Waals surface area contributed by atoms with E-state index < -0.39 is 6.10 Å². The Hall–Kier alpha value is -8.67. The van der Waals surface area contributed by atoms with Crippen molar-refractivity contribution in [3.8, 4) is 0 Å². The molecule has 11 rings (SSSR count). The number of nitrogens with zero attached hydrogens (tertiary/aromatic N) is 5. The van der Waals surface area contributed by atoms with E-state index in [4.69, 9.17) is 0 Å². The van der Waals surface area contributed by atoms with Crippen LogP contribution in [0.15, 0.2) is 239 Å². The predicted molar refractivity (Wildman–Crippen MR) is 297 cm³/mol. The standard InChI is InChI=1S/C17H16N2.2C12H14N2.C11H12N2O.C11H12N2/c1-3-7-14(8-4-1)17(11-16-12-18-13-19-16)15-9-5-2-6-10-15;1-10-3-2-4-11(7-10)5-6-12-8-13-9-14-12;1-10(7-12-8-13-9-14-12)11-5-3-2-4-6-11;14-11(10-7-12-8-13-10)6-9-4-2-1-3-5-9;1-2-4-10(5-3-1)6-7-11-8-12-9-13-11/h1-10,12-13,17H,11H2,(H,18,19);2-4,7-9H,5-6H2,1H3,(H,13,14);2-6,8-10H,7H2,1H3,(H,13,14);1-5,7-8,11,14H,6H2,(H,12,13);1-5,8-9H,6-7H2,(H,12,13). The average Bonchev–Trinajstić information content (AvgIpc) is 4.33. The summed E-state index contributed by atoms with van der Waals surface area (Å²) in [5, 5.41) is 9.79. The summed E-state index contributed by atoms with van der Waals surface area (Å²) in [4.78, 5) is 35.4. The Kier molecular flexibility index (Phi) is 21.7. The first-order valence-corrected chi connectivity index (χ1v) is 25.3. The van der Waals surface area contributed by atoms with Gasteiger partial charge in [0.25, 0.3) is 0 Å². The van der Waals surface area contributed by atoms with Gasteiger partial charge in [-0.25, -0.2) is 24.9 Å². The second-order valence-electron chi connectivity index (χ2n) is 18.1. The summed E-state index contributed by atoms with van der Waals surface area (Å²) >= 11 is 0. The van der Waals surface area contributed by atoms with E-state index in [1.165, 1.54) is 50.5 Å². The zero-order valence-electron chi connectivity index (χ0n) is 42.4. The fraction of sp³-hybridized carbons (Fsp3) is 0.190. The summed E-state index contributed by atoms with van der Waals surface area (Å²) in [7, 11) is 0. The topological polar surface area (TPSA) is 164 Å². The van der Waals surface area contributed by atoms with Crippen LogP contribution in [0.1, 0.15) is 92.3 Å². The number of aromatic amines is 5. The van der Waals surface area contributed by atoms with Crippen molar-refractivity contribution >= 4 is 0 Å². The number of nitrogens with one attached hydrogen (secondary N) is 5. The monoisotopic (exact) mass is 981 g/mol. The number of benzene rings is 6. The number of aliphatic hydroxyl groups is 1. The van der Waals surface area contributed by atoms with Crippen LogP contribution in [0, 0.1) is 6.92 Å². The minimum Gasteiger partial charge on any atom is -0.386 e. The molecule has 11 nitrogen and oxygen atoms in total. The molecule has 11 heteroatoms. The zero-order valence-corrected chi connectivity index (χ0v) is 42.4. The van der Waals surface area contributed by atoms with Crippen molar-refractivity contribution in [2.24, 2.45) is 0 Å². The van der Waals surface area contributed by atoms with Crippen LogP contribution in [0.3, 0.4) is 0 Å². The largest absolute Gasteiger partial charge is 0.386 e. The van der Waals surface area contributed by atoms with Crippen LogP contribution in [0.4, 0.5) is 0 Å². The molecule has 2 atom stereocenters. The zero-order chi connectivity index (χ0) is 51.3. The summed E-state index contributed by atoms with van der Waals surface area (Å²) in [6.07, 6.45) is 24.0. The second-order valence-corrected chi connectivity index (χ2v) is 18.1. The van der Waals surface area contributed by atoms with Crippen molar-refractivity contribution in [1.82, 2.24) is 49.8 Å². The highest BCUT2D eigenvalue weighted by Crippen LogP contribution is 2.28. The van der Waals surface area contributed by atoms with Crippen LogP contribution in [0.25, 0.3) is 0 Å². The van der Waals surface area contributed by atoms with Gasteiger partial charge in [0.2, 0.25) is 0 Å². The first kappa shape index (κ1) is 53.1. The van der Waals surface area contributed by atoms with Gasteiger partial charge >= 0.3 is 0 Å². The van der Waals surface area contributed by atoms with Crippen LogP contribution < -0.4 is 0 Å². The Bertz CT molecular complexity index is 3000. The molecule has 74 heavy (non-hydrogen) atoms. The molecule has 0 aliphatic heterocycles. The average molecular weight is 981 g/mol. The molecule has 0 saturated carbocycles. The number of aliphatic hydroxyl groups excluding tert-OH is 1. The summed E-state index contributed by atoms with van der Waals surface area (Å²) in [5.74, 6) is 0.902. The number of aryl methyl sites for hydroxylation is 5. The van der Waals surface area contributed by atoms with E-state index in [1.807, 2.05) is 67.3 Å². The van der Waals surface area contributed by atoms with E-state index in [0.717, 1.165) is 55.5 Å². The first-order valence-electron chi connectivity index (χ1n) is 25.3. The molecule has 0 fully saturated rings. The lowest BCUT2D eigenvalue weighted by Crippen LogP contribution is -2.05. The number of rotatable bonds is 16. The number of H-pyrrole nitrogens is 5. The lowest BCUT2D eigenvalue weighted by molar-refractivity contribution is 0.174. The fourth-order valence-corrected chi connectivity index (χ4v) is 8.35. The molecule has 5 heterocycles. The van der Waals surface area contributed by atoms with Gasteiger partial charge in [-0.3, -0.25) is 0 Å². The van der Waals surface area contributed by atoms with Gasteiger partial charge < -0.3 is 30.0 Å². The Morgan fingerprint density at radius 2 is 0.784 bits per heavy atom. The molecular formula is C63H68N10O. The smallest absolute Gasteiger partial charge is 0.0993 e. The molecule has 0 aliphatic carbocycles. The molecule has 6 N–H and O–H groups in total. The Morgan fingerprint density at radius 1 is 0.378 bits per heavy atom. The maximum Gasteiger partial charge on any atom is 0.0993 e. The van der Waals surface area contributed by atoms with Gasteiger partial charge in [0.05, 0.1) is 49.6 Å².